The topological polar surface area (TPSA) is 6.48 Å². The van der Waals surface area contributed by atoms with Crippen LogP contribution in [0.4, 0.5) is 34.1 Å². The zero-order valence-electron chi connectivity index (χ0n) is 35.8. The highest BCUT2D eigenvalue weighted by molar-refractivity contribution is 6.11. The Balaban J connectivity index is 1.16. The van der Waals surface area contributed by atoms with Gasteiger partial charge in [-0.2, -0.15) is 0 Å². The number of anilines is 6. The van der Waals surface area contributed by atoms with E-state index < -0.39 is 5.41 Å². The van der Waals surface area contributed by atoms with Gasteiger partial charge < -0.3 is 9.80 Å². The van der Waals surface area contributed by atoms with Gasteiger partial charge in [0.2, 0.25) is 0 Å². The fourth-order valence-electron chi connectivity index (χ4n) is 11.8. The molecule has 0 aromatic heterocycles. The lowest BCUT2D eigenvalue weighted by Crippen LogP contribution is -2.28. The second kappa shape index (κ2) is 13.8. The Labute approximate surface area is 375 Å². The van der Waals surface area contributed by atoms with E-state index >= 15 is 0 Å². The van der Waals surface area contributed by atoms with Crippen LogP contribution in [-0.2, 0) is 10.8 Å². The molecule has 0 fully saturated rings. The van der Waals surface area contributed by atoms with Crippen LogP contribution in [0.2, 0.25) is 0 Å². The molecule has 1 unspecified atom stereocenters. The molecule has 10 aromatic rings. The molecule has 0 heterocycles. The molecule has 10 aromatic carbocycles. The molecule has 0 N–H and O–H groups in total. The van der Waals surface area contributed by atoms with E-state index in [4.69, 9.17) is 0 Å². The first kappa shape index (κ1) is 36.7. The summed E-state index contributed by atoms with van der Waals surface area (Å²) in [6.07, 6.45) is 0. The minimum absolute atomic E-state index is 0.131. The number of fused-ring (bicyclic) bond motifs is 15. The summed E-state index contributed by atoms with van der Waals surface area (Å²) in [6.45, 7) is 4.74. The smallest absolute Gasteiger partial charge is 0.0747 e. The molecule has 64 heavy (non-hydrogen) atoms. The molecule has 0 bridgehead atoms. The predicted octanol–water partition coefficient (Wildman–Crippen LogP) is 16.4. The molecule has 1 spiro atoms. The molecule has 302 valence electrons. The lowest BCUT2D eigenvalue weighted by atomic mass is 9.69. The van der Waals surface area contributed by atoms with Crippen LogP contribution in [0.3, 0.4) is 0 Å². The summed E-state index contributed by atoms with van der Waals surface area (Å²) in [5, 5.41) is 2.48. The summed E-state index contributed by atoms with van der Waals surface area (Å²) in [5.41, 5.74) is 21.8. The highest BCUT2D eigenvalue weighted by Gasteiger charge is 2.54. The van der Waals surface area contributed by atoms with E-state index in [1.54, 1.807) is 0 Å². The fraction of sp³-hybridized carbons (Fsp3) is 0.0645. The third-order valence-electron chi connectivity index (χ3n) is 14.4. The summed E-state index contributed by atoms with van der Waals surface area (Å²) >= 11 is 0. The molecule has 0 radical (unpaired) electrons. The first-order valence-corrected chi connectivity index (χ1v) is 22.4. The zero-order valence-corrected chi connectivity index (χ0v) is 35.8. The van der Waals surface area contributed by atoms with Crippen molar-refractivity contribution in [3.05, 3.63) is 264 Å². The number of hydrogen-bond donors (Lipinski definition) is 0. The summed E-state index contributed by atoms with van der Waals surface area (Å²) in [7, 11) is 0. The second-order valence-electron chi connectivity index (χ2n) is 18.0. The molecule has 2 heteroatoms. The highest BCUT2D eigenvalue weighted by atomic mass is 15.2. The van der Waals surface area contributed by atoms with Crippen molar-refractivity contribution in [3.63, 3.8) is 0 Å². The largest absolute Gasteiger partial charge is 0.310 e. The van der Waals surface area contributed by atoms with Crippen molar-refractivity contribution in [3.8, 4) is 33.4 Å². The lowest BCUT2D eigenvalue weighted by molar-refractivity contribution is 0.660. The van der Waals surface area contributed by atoms with Gasteiger partial charge in [0.1, 0.15) is 0 Å². The van der Waals surface area contributed by atoms with Crippen molar-refractivity contribution in [2.45, 2.75) is 24.7 Å². The Morgan fingerprint density at radius 1 is 0.312 bits per heavy atom. The Morgan fingerprint density at radius 3 is 1.45 bits per heavy atom. The van der Waals surface area contributed by atoms with Gasteiger partial charge in [-0.25, -0.2) is 0 Å². The van der Waals surface area contributed by atoms with E-state index in [9.17, 15) is 0 Å². The third-order valence-corrected chi connectivity index (χ3v) is 14.4. The average molecular weight is 817 g/mol. The molecule has 0 amide bonds. The average Bonchev–Trinajstić information content (AvgIpc) is 3.92. The van der Waals surface area contributed by atoms with Gasteiger partial charge in [0.25, 0.3) is 0 Å². The zero-order chi connectivity index (χ0) is 42.6. The van der Waals surface area contributed by atoms with E-state index in [0.717, 1.165) is 22.7 Å². The Hall–Kier alpha value is -7.94. The molecular formula is C62H44N2. The number of benzene rings is 10. The van der Waals surface area contributed by atoms with Crippen LogP contribution in [-0.4, -0.2) is 0 Å². The van der Waals surface area contributed by atoms with Gasteiger partial charge >= 0.3 is 0 Å². The van der Waals surface area contributed by atoms with Gasteiger partial charge in [-0.1, -0.05) is 184 Å². The van der Waals surface area contributed by atoms with Crippen LogP contribution in [0.25, 0.3) is 44.2 Å². The Kier molecular flexibility index (Phi) is 7.90. The maximum absolute atomic E-state index is 2.54. The summed E-state index contributed by atoms with van der Waals surface area (Å²) in [5.74, 6) is 0. The second-order valence-corrected chi connectivity index (χ2v) is 18.0. The quantitative estimate of drug-likeness (QED) is 0.165. The molecule has 1 atom stereocenters. The van der Waals surface area contributed by atoms with Crippen LogP contribution >= 0.6 is 0 Å². The fourth-order valence-corrected chi connectivity index (χ4v) is 11.8. The van der Waals surface area contributed by atoms with Crippen molar-refractivity contribution in [1.82, 2.24) is 0 Å². The van der Waals surface area contributed by atoms with Gasteiger partial charge in [-0.15, -0.1) is 0 Å². The molecular weight excluding hydrogens is 773 g/mol. The van der Waals surface area contributed by atoms with Gasteiger partial charge in [-0.3, -0.25) is 0 Å². The SMILES string of the molecule is CC1(C)c2ccccc2-c2c(N(c3ccccc3)c3ccc4c(c3)C3(c5ccccc5-4)c4ccccc4-c4c3c(N(c3ccccc3)c3ccccc3)cc3ccccc43)cccc21. The van der Waals surface area contributed by atoms with Crippen molar-refractivity contribution in [2.75, 3.05) is 9.80 Å². The van der Waals surface area contributed by atoms with Gasteiger partial charge in [0.15, 0.2) is 0 Å². The van der Waals surface area contributed by atoms with E-state index in [2.05, 4.69) is 254 Å². The summed E-state index contributed by atoms with van der Waals surface area (Å²) in [6, 6.07) is 85.8. The van der Waals surface area contributed by atoms with Crippen LogP contribution in [0.5, 0.6) is 0 Å². The molecule has 0 aliphatic heterocycles. The van der Waals surface area contributed by atoms with E-state index in [1.165, 1.54) is 88.9 Å². The lowest BCUT2D eigenvalue weighted by Gasteiger charge is -2.37. The monoisotopic (exact) mass is 816 g/mol. The number of hydrogen-bond acceptors (Lipinski definition) is 2. The van der Waals surface area contributed by atoms with Crippen molar-refractivity contribution in [2.24, 2.45) is 0 Å². The van der Waals surface area contributed by atoms with E-state index in [-0.39, 0.29) is 5.41 Å². The minimum Gasteiger partial charge on any atom is -0.310 e. The normalized spacial score (nSPS) is 15.5. The first-order chi connectivity index (χ1) is 31.5. The number of rotatable bonds is 6. The molecule has 0 saturated heterocycles. The van der Waals surface area contributed by atoms with Gasteiger partial charge in [-0.05, 0) is 127 Å². The van der Waals surface area contributed by atoms with Crippen LogP contribution < -0.4 is 9.80 Å². The highest BCUT2D eigenvalue weighted by Crippen LogP contribution is 2.67. The van der Waals surface area contributed by atoms with Crippen LogP contribution in [0.15, 0.2) is 231 Å². The van der Waals surface area contributed by atoms with E-state index in [0.29, 0.717) is 0 Å². The molecule has 3 aliphatic carbocycles. The molecule has 0 saturated carbocycles. The third kappa shape index (κ3) is 4.97. The van der Waals surface area contributed by atoms with Crippen molar-refractivity contribution < 1.29 is 0 Å². The number of nitrogens with zero attached hydrogens (tertiary/aromatic N) is 2. The molecule has 3 aliphatic rings. The van der Waals surface area contributed by atoms with Gasteiger partial charge in [0, 0.05) is 39.3 Å². The summed E-state index contributed by atoms with van der Waals surface area (Å²) in [4.78, 5) is 5.00. The maximum atomic E-state index is 2.54. The van der Waals surface area contributed by atoms with Gasteiger partial charge in [0.05, 0.1) is 16.8 Å². The van der Waals surface area contributed by atoms with Crippen molar-refractivity contribution in [1.29, 1.82) is 0 Å². The van der Waals surface area contributed by atoms with Crippen molar-refractivity contribution >= 4 is 44.9 Å². The number of para-hydroxylation sites is 3. The van der Waals surface area contributed by atoms with Crippen LogP contribution in [0, 0.1) is 0 Å². The standard InChI is InChI=1S/C62H44N2/c1-61(2)51-32-17-15-30-49(51)59-54(61)35-20-36-56(59)64(44-26-10-5-11-27-44)45-37-38-48-47-29-14-18-33-52(47)62(55(48)40-45)53-34-19-16-31-50(53)58-46-28-13-12-21-41(46)39-57(60(58)62)63(42-22-6-3-7-23-42)43-24-8-4-9-25-43/h3-40H,1-2H3. The van der Waals surface area contributed by atoms with Crippen LogP contribution in [0.1, 0.15) is 47.2 Å². The molecule has 2 nitrogen and oxygen atoms in total. The Morgan fingerprint density at radius 2 is 0.797 bits per heavy atom. The Bertz CT molecular complexity index is 3440. The first-order valence-electron chi connectivity index (χ1n) is 22.4. The predicted molar refractivity (Wildman–Crippen MR) is 267 cm³/mol. The maximum Gasteiger partial charge on any atom is 0.0747 e. The van der Waals surface area contributed by atoms with E-state index in [1.807, 2.05) is 0 Å². The summed E-state index contributed by atoms with van der Waals surface area (Å²) < 4.78 is 0. The molecule has 13 rings (SSSR count). The minimum atomic E-state index is -0.648.